The summed E-state index contributed by atoms with van der Waals surface area (Å²) >= 11 is 0. The van der Waals surface area contributed by atoms with Crippen LogP contribution in [0.1, 0.15) is 12.5 Å². The molecule has 1 atom stereocenters. The third-order valence-electron chi connectivity index (χ3n) is 2.58. The predicted octanol–water partition coefficient (Wildman–Crippen LogP) is 1.44. The molecule has 1 aromatic carbocycles. The van der Waals surface area contributed by atoms with Gasteiger partial charge in [-0.2, -0.15) is 0 Å². The first-order valence-corrected chi connectivity index (χ1v) is 6.79. The van der Waals surface area contributed by atoms with Crippen molar-refractivity contribution in [1.82, 2.24) is 10.0 Å². The van der Waals surface area contributed by atoms with Gasteiger partial charge in [0.15, 0.2) is 0 Å². The summed E-state index contributed by atoms with van der Waals surface area (Å²) in [5, 5.41) is 2.91. The van der Waals surface area contributed by atoms with E-state index in [0.29, 0.717) is 0 Å². The fourth-order valence-corrected chi connectivity index (χ4v) is 2.68. The Labute approximate surface area is 113 Å². The number of rotatable bonds is 5. The number of likely N-dealkylation sites (N-methyl/N-ethyl adjacent to an activating group) is 1. The van der Waals surface area contributed by atoms with Crippen LogP contribution in [0.2, 0.25) is 0 Å². The van der Waals surface area contributed by atoms with Crippen LogP contribution in [0.3, 0.4) is 0 Å². The quantitative estimate of drug-likeness (QED) is 0.864. The number of nitrogens with one attached hydrogen (secondary N) is 2. The lowest BCUT2D eigenvalue weighted by atomic mass is 10.2. The lowest BCUT2D eigenvalue weighted by Gasteiger charge is -2.13. The van der Waals surface area contributed by atoms with E-state index in [1.807, 2.05) is 6.92 Å². The Kier molecular flexibility index (Phi) is 6.77. The second-order valence-corrected chi connectivity index (χ2v) is 5.64. The Morgan fingerprint density at radius 1 is 1.39 bits per heavy atom. The second-order valence-electron chi connectivity index (χ2n) is 3.90. The highest BCUT2D eigenvalue weighted by Crippen LogP contribution is 2.17. The highest BCUT2D eigenvalue weighted by atomic mass is 35.5. The molecule has 1 unspecified atom stereocenters. The van der Waals surface area contributed by atoms with Crippen LogP contribution in [0, 0.1) is 12.7 Å². The van der Waals surface area contributed by atoms with E-state index in [9.17, 15) is 12.8 Å². The Morgan fingerprint density at radius 3 is 2.56 bits per heavy atom. The summed E-state index contributed by atoms with van der Waals surface area (Å²) in [4.78, 5) is -0.0131. The molecule has 18 heavy (non-hydrogen) atoms. The molecule has 0 saturated carbocycles. The van der Waals surface area contributed by atoms with Gasteiger partial charge in [-0.25, -0.2) is 17.5 Å². The number of hydrogen-bond acceptors (Lipinski definition) is 3. The Bertz CT molecular complexity index is 494. The minimum absolute atomic E-state index is 0. The van der Waals surface area contributed by atoms with E-state index in [2.05, 4.69) is 10.0 Å². The maximum Gasteiger partial charge on any atom is 0.240 e. The Balaban J connectivity index is 0.00000289. The normalized spacial score (nSPS) is 12.9. The average Bonchev–Trinajstić information content (AvgIpc) is 2.29. The molecule has 0 heterocycles. The summed E-state index contributed by atoms with van der Waals surface area (Å²) in [7, 11) is -1.91. The molecule has 2 N–H and O–H groups in total. The summed E-state index contributed by atoms with van der Waals surface area (Å²) in [6.07, 6.45) is 0. The van der Waals surface area contributed by atoms with Crippen molar-refractivity contribution >= 4 is 22.4 Å². The second kappa shape index (κ2) is 7.04. The first-order chi connectivity index (χ1) is 7.88. The standard InChI is InChI=1S/C11H17FN2O2S.ClH/c1-8(13-3)7-14-17(15,16)11-6-4-5-10(12)9(11)2;/h4-6,8,13-14H,7H2,1-3H3;1H. The van der Waals surface area contributed by atoms with Crippen molar-refractivity contribution in [2.45, 2.75) is 24.8 Å². The molecular weight excluding hydrogens is 279 g/mol. The van der Waals surface area contributed by atoms with Crippen LogP contribution in [0.15, 0.2) is 23.1 Å². The summed E-state index contributed by atoms with van der Waals surface area (Å²) in [6.45, 7) is 3.56. The van der Waals surface area contributed by atoms with E-state index in [1.165, 1.54) is 25.1 Å². The summed E-state index contributed by atoms with van der Waals surface area (Å²) in [5.41, 5.74) is 0.136. The van der Waals surface area contributed by atoms with Crippen molar-refractivity contribution < 1.29 is 12.8 Å². The Hall–Kier alpha value is -0.690. The minimum Gasteiger partial charge on any atom is -0.316 e. The number of halogens is 2. The van der Waals surface area contributed by atoms with Crippen LogP contribution < -0.4 is 10.0 Å². The third kappa shape index (κ3) is 4.20. The van der Waals surface area contributed by atoms with Crippen molar-refractivity contribution in [3.63, 3.8) is 0 Å². The highest BCUT2D eigenvalue weighted by Gasteiger charge is 2.18. The molecule has 4 nitrogen and oxygen atoms in total. The van der Waals surface area contributed by atoms with Crippen LogP contribution in [0.4, 0.5) is 4.39 Å². The molecule has 0 aliphatic heterocycles. The summed E-state index contributed by atoms with van der Waals surface area (Å²) in [6, 6.07) is 4.03. The van der Waals surface area contributed by atoms with Gasteiger partial charge < -0.3 is 5.32 Å². The van der Waals surface area contributed by atoms with Gasteiger partial charge in [-0.05, 0) is 33.0 Å². The smallest absolute Gasteiger partial charge is 0.240 e. The monoisotopic (exact) mass is 296 g/mol. The van der Waals surface area contributed by atoms with E-state index < -0.39 is 15.8 Å². The van der Waals surface area contributed by atoms with E-state index in [4.69, 9.17) is 0 Å². The van der Waals surface area contributed by atoms with Gasteiger partial charge in [0.25, 0.3) is 0 Å². The fourth-order valence-electron chi connectivity index (χ4n) is 1.29. The van der Waals surface area contributed by atoms with Gasteiger partial charge in [-0.3, -0.25) is 0 Å². The lowest BCUT2D eigenvalue weighted by molar-refractivity contribution is 0.551. The van der Waals surface area contributed by atoms with Crippen molar-refractivity contribution in [3.8, 4) is 0 Å². The van der Waals surface area contributed by atoms with Gasteiger partial charge in [0.2, 0.25) is 10.0 Å². The number of benzene rings is 1. The molecule has 104 valence electrons. The molecule has 1 rings (SSSR count). The molecule has 0 radical (unpaired) electrons. The van der Waals surface area contributed by atoms with Crippen LogP contribution in [0.5, 0.6) is 0 Å². The topological polar surface area (TPSA) is 58.2 Å². The zero-order chi connectivity index (χ0) is 13.1. The van der Waals surface area contributed by atoms with E-state index in [1.54, 1.807) is 7.05 Å². The molecule has 0 amide bonds. The van der Waals surface area contributed by atoms with Gasteiger partial charge in [-0.1, -0.05) is 6.07 Å². The summed E-state index contributed by atoms with van der Waals surface area (Å²) in [5.74, 6) is -0.519. The molecule has 0 bridgehead atoms. The van der Waals surface area contributed by atoms with Crippen molar-refractivity contribution in [1.29, 1.82) is 0 Å². The van der Waals surface area contributed by atoms with Crippen molar-refractivity contribution in [2.24, 2.45) is 0 Å². The molecule has 0 aromatic heterocycles. The largest absolute Gasteiger partial charge is 0.316 e. The molecule has 0 saturated heterocycles. The highest BCUT2D eigenvalue weighted by molar-refractivity contribution is 7.89. The molecule has 0 spiro atoms. The van der Waals surface area contributed by atoms with Gasteiger partial charge in [0.05, 0.1) is 4.90 Å². The van der Waals surface area contributed by atoms with E-state index >= 15 is 0 Å². The molecule has 1 aromatic rings. The third-order valence-corrected chi connectivity index (χ3v) is 4.15. The molecule has 7 heteroatoms. The van der Waals surface area contributed by atoms with Gasteiger partial charge >= 0.3 is 0 Å². The fraction of sp³-hybridized carbons (Fsp3) is 0.455. The maximum absolute atomic E-state index is 13.3. The first-order valence-electron chi connectivity index (χ1n) is 5.30. The minimum atomic E-state index is -3.65. The first kappa shape index (κ1) is 17.3. The zero-order valence-corrected chi connectivity index (χ0v) is 12.2. The average molecular weight is 297 g/mol. The lowest BCUT2D eigenvalue weighted by Crippen LogP contribution is -2.37. The van der Waals surface area contributed by atoms with Crippen LogP contribution in [0.25, 0.3) is 0 Å². The van der Waals surface area contributed by atoms with Gasteiger partial charge in [0.1, 0.15) is 5.82 Å². The molecular formula is C11H18ClFN2O2S. The van der Waals surface area contributed by atoms with Crippen LogP contribution in [-0.4, -0.2) is 28.1 Å². The summed E-state index contributed by atoms with van der Waals surface area (Å²) < 4.78 is 39.5. The van der Waals surface area contributed by atoms with E-state index in [0.717, 1.165) is 0 Å². The maximum atomic E-state index is 13.3. The molecule has 0 aliphatic carbocycles. The molecule has 0 fully saturated rings. The van der Waals surface area contributed by atoms with Crippen molar-refractivity contribution in [2.75, 3.05) is 13.6 Å². The zero-order valence-electron chi connectivity index (χ0n) is 10.5. The SMILES string of the molecule is CNC(C)CNS(=O)(=O)c1cccc(F)c1C.Cl. The predicted molar refractivity (Wildman–Crippen MR) is 72.1 cm³/mol. The van der Waals surface area contributed by atoms with Gasteiger partial charge in [0, 0.05) is 18.2 Å². The van der Waals surface area contributed by atoms with Crippen LogP contribution >= 0.6 is 12.4 Å². The Morgan fingerprint density at radius 2 is 2.00 bits per heavy atom. The van der Waals surface area contributed by atoms with E-state index in [-0.39, 0.29) is 35.5 Å². The number of sulfonamides is 1. The van der Waals surface area contributed by atoms with Crippen molar-refractivity contribution in [3.05, 3.63) is 29.6 Å². The number of hydrogen-bond donors (Lipinski definition) is 2. The van der Waals surface area contributed by atoms with Gasteiger partial charge in [-0.15, -0.1) is 12.4 Å². The van der Waals surface area contributed by atoms with Crippen LogP contribution in [-0.2, 0) is 10.0 Å². The molecule has 0 aliphatic rings.